The van der Waals surface area contributed by atoms with E-state index in [9.17, 15) is 0 Å². The second-order valence-corrected chi connectivity index (χ2v) is 4.29. The van der Waals surface area contributed by atoms with Crippen LogP contribution in [0.1, 0.15) is 11.4 Å². The van der Waals surface area contributed by atoms with E-state index >= 15 is 0 Å². The van der Waals surface area contributed by atoms with Gasteiger partial charge in [-0.1, -0.05) is 12.2 Å². The average Bonchev–Trinajstić information content (AvgIpc) is 2.33. The Kier molecular flexibility index (Phi) is 3.79. The molecule has 0 N–H and O–H groups in total. The van der Waals surface area contributed by atoms with Gasteiger partial charge in [-0.25, -0.2) is 0 Å². The summed E-state index contributed by atoms with van der Waals surface area (Å²) in [6, 6.07) is 0. The average molecular weight is 237 g/mol. The predicted molar refractivity (Wildman–Crippen MR) is 65.5 cm³/mol. The number of morpholine rings is 1. The molecule has 1 fully saturated rings. The molecule has 1 saturated heterocycles. The smallest absolute Gasteiger partial charge is 0.0841 e. The van der Waals surface area contributed by atoms with Crippen molar-refractivity contribution in [1.29, 1.82) is 0 Å². The maximum absolute atomic E-state index is 5.39. The number of nitrogens with zero attached hydrogens (tertiary/aromatic N) is 3. The van der Waals surface area contributed by atoms with E-state index in [1.807, 2.05) is 6.92 Å². The fourth-order valence-corrected chi connectivity index (χ4v) is 1.92. The molecule has 0 aliphatic carbocycles. The number of hydrogen-bond acceptors (Lipinski definition) is 4. The minimum Gasteiger partial charge on any atom is -0.378 e. The predicted octanol–water partition coefficient (Wildman–Crippen LogP) is 0.987. The molecule has 0 aromatic carbocycles. The van der Waals surface area contributed by atoms with Crippen molar-refractivity contribution in [2.75, 3.05) is 26.3 Å². The van der Waals surface area contributed by atoms with E-state index in [1.165, 1.54) is 0 Å². The van der Waals surface area contributed by atoms with E-state index in [-0.39, 0.29) is 0 Å². The number of thiocarbonyl (C=S) groups is 1. The highest BCUT2D eigenvalue weighted by molar-refractivity contribution is 7.80. The van der Waals surface area contributed by atoms with Gasteiger partial charge in [-0.15, -0.1) is 0 Å². The van der Waals surface area contributed by atoms with Gasteiger partial charge in [-0.05, 0) is 6.92 Å². The van der Waals surface area contributed by atoms with E-state index in [4.69, 9.17) is 17.0 Å². The van der Waals surface area contributed by atoms with Crippen LogP contribution in [0.2, 0.25) is 0 Å². The van der Waals surface area contributed by atoms with Crippen molar-refractivity contribution in [1.82, 2.24) is 14.9 Å². The topological polar surface area (TPSA) is 38.2 Å². The lowest BCUT2D eigenvalue weighted by molar-refractivity contribution is 0.0684. The van der Waals surface area contributed by atoms with Crippen molar-refractivity contribution in [3.8, 4) is 0 Å². The lowest BCUT2D eigenvalue weighted by atomic mass is 10.3. The minimum atomic E-state index is 0.697. The van der Waals surface area contributed by atoms with Gasteiger partial charge in [0.2, 0.25) is 0 Å². The van der Waals surface area contributed by atoms with Crippen molar-refractivity contribution in [3.63, 3.8) is 0 Å². The third-order valence-electron chi connectivity index (χ3n) is 2.53. The summed E-state index contributed by atoms with van der Waals surface area (Å²) in [5, 5.41) is 0. The highest BCUT2D eigenvalue weighted by atomic mass is 32.1. The molecule has 1 aromatic rings. The fourth-order valence-electron chi connectivity index (χ4n) is 1.59. The molecule has 1 aromatic heterocycles. The summed E-state index contributed by atoms with van der Waals surface area (Å²) in [5.74, 6) is 0. The van der Waals surface area contributed by atoms with E-state index < -0.39 is 0 Å². The number of hydrogen-bond donors (Lipinski definition) is 0. The number of aromatic nitrogens is 2. The van der Waals surface area contributed by atoms with Gasteiger partial charge in [0.25, 0.3) is 0 Å². The highest BCUT2D eigenvalue weighted by Gasteiger charge is 2.14. The highest BCUT2D eigenvalue weighted by Crippen LogP contribution is 2.04. The molecule has 0 spiro atoms. The van der Waals surface area contributed by atoms with Gasteiger partial charge in [0.15, 0.2) is 0 Å². The molecule has 2 heterocycles. The van der Waals surface area contributed by atoms with Crippen molar-refractivity contribution < 1.29 is 4.74 Å². The van der Waals surface area contributed by atoms with Crippen LogP contribution in [0.5, 0.6) is 0 Å². The van der Waals surface area contributed by atoms with E-state index in [0.717, 1.165) is 42.7 Å². The molecule has 1 aliphatic rings. The fraction of sp³-hybridized carbons (Fsp3) is 0.545. The van der Waals surface area contributed by atoms with Gasteiger partial charge < -0.3 is 9.64 Å². The van der Waals surface area contributed by atoms with Gasteiger partial charge in [-0.2, -0.15) is 0 Å². The summed E-state index contributed by atoms with van der Waals surface area (Å²) in [7, 11) is 0. The molecule has 86 valence electrons. The SMILES string of the molecule is Cc1cnc(CC(=S)N2CCOCC2)cn1. The summed E-state index contributed by atoms with van der Waals surface area (Å²) in [6.45, 7) is 5.23. The van der Waals surface area contributed by atoms with Crippen LogP contribution < -0.4 is 0 Å². The Morgan fingerprint density at radius 1 is 1.38 bits per heavy atom. The standard InChI is InChI=1S/C11H15N3OS/c1-9-7-13-10(8-12-9)6-11(16)14-2-4-15-5-3-14/h7-8H,2-6H2,1H3. The van der Waals surface area contributed by atoms with Gasteiger partial charge in [0.1, 0.15) is 0 Å². The third kappa shape index (κ3) is 2.96. The van der Waals surface area contributed by atoms with Gasteiger partial charge >= 0.3 is 0 Å². The van der Waals surface area contributed by atoms with Crippen LogP contribution in [-0.2, 0) is 11.2 Å². The van der Waals surface area contributed by atoms with Crippen LogP contribution in [0.15, 0.2) is 12.4 Å². The van der Waals surface area contributed by atoms with Crippen molar-refractivity contribution >= 4 is 17.2 Å². The van der Waals surface area contributed by atoms with Crippen LogP contribution in [0.4, 0.5) is 0 Å². The van der Waals surface area contributed by atoms with Crippen molar-refractivity contribution in [2.24, 2.45) is 0 Å². The zero-order chi connectivity index (χ0) is 11.4. The van der Waals surface area contributed by atoms with E-state index in [0.29, 0.717) is 6.42 Å². The summed E-state index contributed by atoms with van der Waals surface area (Å²) < 4.78 is 5.29. The molecular weight excluding hydrogens is 222 g/mol. The van der Waals surface area contributed by atoms with Crippen LogP contribution in [-0.4, -0.2) is 46.2 Å². The third-order valence-corrected chi connectivity index (χ3v) is 2.93. The molecule has 0 radical (unpaired) electrons. The summed E-state index contributed by atoms with van der Waals surface area (Å²) >= 11 is 5.39. The second-order valence-electron chi connectivity index (χ2n) is 3.82. The summed E-state index contributed by atoms with van der Waals surface area (Å²) in [5.41, 5.74) is 1.86. The van der Waals surface area contributed by atoms with E-state index in [1.54, 1.807) is 12.4 Å². The first-order valence-corrected chi connectivity index (χ1v) is 5.79. The maximum Gasteiger partial charge on any atom is 0.0841 e. The summed E-state index contributed by atoms with van der Waals surface area (Å²) in [4.78, 5) is 11.6. The number of aryl methyl sites for hydroxylation is 1. The Bertz CT molecular complexity index is 360. The Morgan fingerprint density at radius 2 is 2.12 bits per heavy atom. The number of rotatable bonds is 2. The molecule has 0 unspecified atom stereocenters. The lowest BCUT2D eigenvalue weighted by Crippen LogP contribution is -2.40. The zero-order valence-electron chi connectivity index (χ0n) is 9.35. The molecule has 5 heteroatoms. The molecule has 16 heavy (non-hydrogen) atoms. The Balaban J connectivity index is 1.93. The molecule has 0 amide bonds. The first-order chi connectivity index (χ1) is 7.75. The molecule has 2 rings (SSSR count). The number of ether oxygens (including phenoxy) is 1. The quantitative estimate of drug-likeness (QED) is 0.717. The van der Waals surface area contributed by atoms with Crippen LogP contribution in [0.3, 0.4) is 0 Å². The molecular formula is C11H15N3OS. The first-order valence-electron chi connectivity index (χ1n) is 5.39. The molecule has 0 atom stereocenters. The second kappa shape index (κ2) is 5.32. The van der Waals surface area contributed by atoms with Gasteiger partial charge in [-0.3, -0.25) is 9.97 Å². The van der Waals surface area contributed by atoms with Crippen LogP contribution >= 0.6 is 12.2 Å². The zero-order valence-corrected chi connectivity index (χ0v) is 10.2. The van der Waals surface area contributed by atoms with Crippen molar-refractivity contribution in [2.45, 2.75) is 13.3 Å². The first kappa shape index (κ1) is 11.4. The minimum absolute atomic E-state index is 0.697. The van der Waals surface area contributed by atoms with Gasteiger partial charge in [0.05, 0.1) is 29.6 Å². The normalized spacial score (nSPS) is 16.2. The van der Waals surface area contributed by atoms with Crippen molar-refractivity contribution in [3.05, 3.63) is 23.8 Å². The Hall–Kier alpha value is -1.07. The van der Waals surface area contributed by atoms with Gasteiger partial charge in [0, 0.05) is 31.9 Å². The largest absolute Gasteiger partial charge is 0.378 e. The summed E-state index contributed by atoms with van der Waals surface area (Å²) in [6.07, 6.45) is 4.27. The van der Waals surface area contributed by atoms with Crippen LogP contribution in [0, 0.1) is 6.92 Å². The molecule has 0 saturated carbocycles. The lowest BCUT2D eigenvalue weighted by Gasteiger charge is -2.28. The Labute approximate surface area is 101 Å². The maximum atomic E-state index is 5.39. The Morgan fingerprint density at radius 3 is 2.75 bits per heavy atom. The van der Waals surface area contributed by atoms with Crippen LogP contribution in [0.25, 0.3) is 0 Å². The molecule has 4 nitrogen and oxygen atoms in total. The molecule has 0 bridgehead atoms. The monoisotopic (exact) mass is 237 g/mol. The molecule has 1 aliphatic heterocycles. The van der Waals surface area contributed by atoms with E-state index in [2.05, 4.69) is 14.9 Å².